The summed E-state index contributed by atoms with van der Waals surface area (Å²) >= 11 is 0. The first-order valence-electron chi connectivity index (χ1n) is 4.88. The van der Waals surface area contributed by atoms with Crippen LogP contribution in [-0.2, 0) is 0 Å². The minimum Gasteiger partial charge on any atom is -0.495 e. The van der Waals surface area contributed by atoms with Crippen LogP contribution < -0.4 is 16.2 Å². The van der Waals surface area contributed by atoms with Crippen LogP contribution >= 0.6 is 0 Å². The summed E-state index contributed by atoms with van der Waals surface area (Å²) in [6.07, 6.45) is 2.06. The topological polar surface area (TPSA) is 61.3 Å². The highest BCUT2D eigenvalue weighted by Crippen LogP contribution is 2.26. The van der Waals surface area contributed by atoms with E-state index in [0.29, 0.717) is 11.4 Å². The van der Waals surface area contributed by atoms with Gasteiger partial charge in [0.1, 0.15) is 5.75 Å². The normalized spacial score (nSPS) is 12.5. The molecule has 0 unspecified atom stereocenters. The molecule has 1 aromatic carbocycles. The number of nitrogen functional groups attached to an aromatic ring is 1. The van der Waals surface area contributed by atoms with Gasteiger partial charge in [-0.15, -0.1) is 0 Å². The summed E-state index contributed by atoms with van der Waals surface area (Å²) in [4.78, 5) is 0. The molecule has 78 valence electrons. The number of anilines is 1. The van der Waals surface area contributed by atoms with E-state index in [9.17, 15) is 0 Å². The molecule has 14 heavy (non-hydrogen) atoms. The Morgan fingerprint density at radius 2 is 2.14 bits per heavy atom. The predicted octanol–water partition coefficient (Wildman–Crippen LogP) is 2.08. The van der Waals surface area contributed by atoms with Gasteiger partial charge >= 0.3 is 0 Å². The van der Waals surface area contributed by atoms with E-state index in [2.05, 4.69) is 6.92 Å². The molecule has 0 heterocycles. The third-order valence-corrected chi connectivity index (χ3v) is 2.29. The fraction of sp³-hybridized carbons (Fsp3) is 0.455. The fourth-order valence-electron chi connectivity index (χ4n) is 1.44. The second kappa shape index (κ2) is 4.86. The van der Waals surface area contributed by atoms with Gasteiger partial charge in [-0.3, -0.25) is 0 Å². The average Bonchev–Trinajstić information content (AvgIpc) is 2.19. The third kappa shape index (κ3) is 2.39. The summed E-state index contributed by atoms with van der Waals surface area (Å²) in [6, 6.07) is 5.78. The first-order chi connectivity index (χ1) is 6.69. The van der Waals surface area contributed by atoms with Crippen LogP contribution in [0, 0.1) is 0 Å². The molecule has 0 aliphatic carbocycles. The molecule has 0 radical (unpaired) electrons. The lowest BCUT2D eigenvalue weighted by Gasteiger charge is -2.13. The van der Waals surface area contributed by atoms with Gasteiger partial charge in [0.25, 0.3) is 0 Å². The number of hydrogen-bond donors (Lipinski definition) is 2. The van der Waals surface area contributed by atoms with Gasteiger partial charge in [-0.05, 0) is 24.1 Å². The van der Waals surface area contributed by atoms with E-state index < -0.39 is 0 Å². The van der Waals surface area contributed by atoms with Crippen LogP contribution in [0.15, 0.2) is 18.2 Å². The van der Waals surface area contributed by atoms with Crippen molar-refractivity contribution in [3.8, 4) is 5.75 Å². The number of benzene rings is 1. The van der Waals surface area contributed by atoms with Crippen molar-refractivity contribution in [2.24, 2.45) is 5.73 Å². The molecular weight excluding hydrogens is 176 g/mol. The number of nitrogens with two attached hydrogens (primary N) is 2. The van der Waals surface area contributed by atoms with Gasteiger partial charge < -0.3 is 16.2 Å². The molecule has 0 aliphatic heterocycles. The smallest absolute Gasteiger partial charge is 0.142 e. The molecule has 0 saturated carbocycles. The Labute approximate surface area is 85.0 Å². The maximum atomic E-state index is 5.98. The van der Waals surface area contributed by atoms with E-state index in [1.54, 1.807) is 7.11 Å². The van der Waals surface area contributed by atoms with Gasteiger partial charge in [-0.25, -0.2) is 0 Å². The molecular formula is C11H18N2O. The molecule has 1 atom stereocenters. The molecule has 0 spiro atoms. The number of ether oxygens (including phenoxy) is 1. The Morgan fingerprint density at radius 3 is 2.71 bits per heavy atom. The SMILES string of the molecule is CCC[C@@H](N)c1ccc(N)c(OC)c1. The molecule has 1 aromatic rings. The van der Waals surface area contributed by atoms with Crippen LogP contribution in [0.3, 0.4) is 0 Å². The number of hydrogen-bond acceptors (Lipinski definition) is 3. The van der Waals surface area contributed by atoms with Crippen LogP contribution in [0.25, 0.3) is 0 Å². The molecule has 0 aromatic heterocycles. The van der Waals surface area contributed by atoms with Gasteiger partial charge in [0.2, 0.25) is 0 Å². The lowest BCUT2D eigenvalue weighted by Crippen LogP contribution is -2.10. The Kier molecular flexibility index (Phi) is 3.77. The predicted molar refractivity (Wildman–Crippen MR) is 59.2 cm³/mol. The van der Waals surface area contributed by atoms with Gasteiger partial charge in [0, 0.05) is 6.04 Å². The fourth-order valence-corrected chi connectivity index (χ4v) is 1.44. The van der Waals surface area contributed by atoms with E-state index in [1.165, 1.54) is 0 Å². The van der Waals surface area contributed by atoms with Crippen LogP contribution in [-0.4, -0.2) is 7.11 Å². The minimum absolute atomic E-state index is 0.0782. The quantitative estimate of drug-likeness (QED) is 0.721. The van der Waals surface area contributed by atoms with Crippen LogP contribution in [0.5, 0.6) is 5.75 Å². The van der Waals surface area contributed by atoms with Gasteiger partial charge in [-0.1, -0.05) is 19.4 Å². The average molecular weight is 194 g/mol. The molecule has 0 amide bonds. The lowest BCUT2D eigenvalue weighted by molar-refractivity contribution is 0.416. The molecule has 4 N–H and O–H groups in total. The Bertz CT molecular complexity index is 299. The zero-order chi connectivity index (χ0) is 10.6. The Morgan fingerprint density at radius 1 is 1.43 bits per heavy atom. The standard InChI is InChI=1S/C11H18N2O/c1-3-4-9(12)8-5-6-10(13)11(7-8)14-2/h5-7,9H,3-4,12-13H2,1-2H3/t9-/m1/s1. The maximum absolute atomic E-state index is 5.98. The van der Waals surface area contributed by atoms with E-state index >= 15 is 0 Å². The van der Waals surface area contributed by atoms with Crippen molar-refractivity contribution in [3.05, 3.63) is 23.8 Å². The summed E-state index contributed by atoms with van der Waals surface area (Å²) in [5.74, 6) is 0.703. The molecule has 3 nitrogen and oxygen atoms in total. The van der Waals surface area contributed by atoms with Gasteiger partial charge in [-0.2, -0.15) is 0 Å². The monoisotopic (exact) mass is 194 g/mol. The molecule has 1 rings (SSSR count). The first kappa shape index (κ1) is 10.9. The highest BCUT2D eigenvalue weighted by atomic mass is 16.5. The van der Waals surface area contributed by atoms with Crippen LogP contribution in [0.2, 0.25) is 0 Å². The van der Waals surface area contributed by atoms with Crippen LogP contribution in [0.4, 0.5) is 5.69 Å². The van der Waals surface area contributed by atoms with Crippen molar-refractivity contribution in [1.29, 1.82) is 0 Å². The van der Waals surface area contributed by atoms with Crippen molar-refractivity contribution >= 4 is 5.69 Å². The zero-order valence-corrected chi connectivity index (χ0v) is 8.79. The Hall–Kier alpha value is -1.22. The largest absolute Gasteiger partial charge is 0.495 e. The summed E-state index contributed by atoms with van der Waals surface area (Å²) in [7, 11) is 1.61. The van der Waals surface area contributed by atoms with Crippen molar-refractivity contribution in [2.45, 2.75) is 25.8 Å². The summed E-state index contributed by atoms with van der Waals surface area (Å²) in [5.41, 5.74) is 13.4. The third-order valence-electron chi connectivity index (χ3n) is 2.29. The molecule has 3 heteroatoms. The number of rotatable bonds is 4. The first-order valence-corrected chi connectivity index (χ1v) is 4.88. The van der Waals surface area contributed by atoms with E-state index in [1.807, 2.05) is 18.2 Å². The minimum atomic E-state index is 0.0782. The molecule has 0 aliphatic rings. The maximum Gasteiger partial charge on any atom is 0.142 e. The van der Waals surface area contributed by atoms with Crippen molar-refractivity contribution in [1.82, 2.24) is 0 Å². The van der Waals surface area contributed by atoms with Crippen LogP contribution in [0.1, 0.15) is 31.4 Å². The molecule has 0 saturated heterocycles. The van der Waals surface area contributed by atoms with Gasteiger partial charge in [0.15, 0.2) is 0 Å². The second-order valence-electron chi connectivity index (χ2n) is 3.40. The zero-order valence-electron chi connectivity index (χ0n) is 8.79. The summed E-state index contributed by atoms with van der Waals surface area (Å²) in [6.45, 7) is 2.12. The van der Waals surface area contributed by atoms with Crippen molar-refractivity contribution in [3.63, 3.8) is 0 Å². The summed E-state index contributed by atoms with van der Waals surface area (Å²) in [5, 5.41) is 0. The van der Waals surface area contributed by atoms with E-state index in [-0.39, 0.29) is 6.04 Å². The number of methoxy groups -OCH3 is 1. The van der Waals surface area contributed by atoms with E-state index in [0.717, 1.165) is 18.4 Å². The highest BCUT2D eigenvalue weighted by Gasteiger charge is 2.07. The lowest BCUT2D eigenvalue weighted by atomic mass is 10.0. The summed E-state index contributed by atoms with van der Waals surface area (Å²) < 4.78 is 5.13. The molecule has 0 bridgehead atoms. The van der Waals surface area contributed by atoms with Crippen molar-refractivity contribution < 1.29 is 4.74 Å². The van der Waals surface area contributed by atoms with E-state index in [4.69, 9.17) is 16.2 Å². The molecule has 0 fully saturated rings. The Balaban J connectivity index is 2.88. The highest BCUT2D eigenvalue weighted by molar-refractivity contribution is 5.54. The van der Waals surface area contributed by atoms with Gasteiger partial charge in [0.05, 0.1) is 12.8 Å². The second-order valence-corrected chi connectivity index (χ2v) is 3.40. The van der Waals surface area contributed by atoms with Crippen molar-refractivity contribution in [2.75, 3.05) is 12.8 Å².